The molecule has 4 heteroatoms. The quantitative estimate of drug-likeness (QED) is 0.483. The lowest BCUT2D eigenvalue weighted by atomic mass is 10.4. The predicted octanol–water partition coefficient (Wildman–Crippen LogP) is -0.358. The van der Waals surface area contributed by atoms with Crippen LogP contribution in [-0.2, 0) is 4.79 Å². The summed E-state index contributed by atoms with van der Waals surface area (Å²) >= 11 is 3.96. The smallest absolute Gasteiger partial charge is 0.221 e. The molecule has 0 aromatic rings. The van der Waals surface area contributed by atoms with Gasteiger partial charge in [0.15, 0.2) is 0 Å². The van der Waals surface area contributed by atoms with Crippen LogP contribution in [0.1, 0.15) is 6.42 Å². The van der Waals surface area contributed by atoms with Crippen molar-refractivity contribution in [2.45, 2.75) is 6.42 Å². The van der Waals surface area contributed by atoms with Gasteiger partial charge in [0.2, 0.25) is 5.91 Å². The molecule has 0 heterocycles. The Morgan fingerprint density at radius 3 is 2.70 bits per heavy atom. The van der Waals surface area contributed by atoms with Crippen molar-refractivity contribution in [2.75, 3.05) is 25.9 Å². The summed E-state index contributed by atoms with van der Waals surface area (Å²) in [5.41, 5.74) is 0. The molecule has 0 unspecified atom stereocenters. The highest BCUT2D eigenvalue weighted by atomic mass is 32.1. The number of carbonyl (C=O) groups is 1. The molecule has 0 spiro atoms. The molecule has 2 N–H and O–H groups in total. The number of amides is 1. The van der Waals surface area contributed by atoms with Gasteiger partial charge in [-0.1, -0.05) is 0 Å². The highest BCUT2D eigenvalue weighted by Gasteiger charge is 1.96. The summed E-state index contributed by atoms with van der Waals surface area (Å²) in [6.45, 7) is 1.39. The Morgan fingerprint density at radius 2 is 2.20 bits per heavy atom. The van der Waals surface area contributed by atoms with Crippen molar-refractivity contribution in [3.8, 4) is 0 Å². The van der Waals surface area contributed by atoms with Crippen molar-refractivity contribution in [1.29, 1.82) is 0 Å². The zero-order valence-electron chi connectivity index (χ0n) is 6.18. The van der Waals surface area contributed by atoms with E-state index in [0.29, 0.717) is 18.7 Å². The molecule has 0 aliphatic carbocycles. The maximum atomic E-state index is 10.8. The molecular weight excluding hydrogens is 148 g/mol. The van der Waals surface area contributed by atoms with Crippen molar-refractivity contribution in [2.24, 2.45) is 0 Å². The minimum Gasteiger partial charge on any atom is -0.355 e. The summed E-state index contributed by atoms with van der Waals surface area (Å²) in [7, 11) is 1.83. The average molecular weight is 162 g/mol. The van der Waals surface area contributed by atoms with E-state index >= 15 is 0 Å². The zero-order valence-corrected chi connectivity index (χ0v) is 7.08. The summed E-state index contributed by atoms with van der Waals surface area (Å²) in [4.78, 5) is 10.8. The van der Waals surface area contributed by atoms with Gasteiger partial charge in [-0.3, -0.25) is 4.79 Å². The topological polar surface area (TPSA) is 41.1 Å². The van der Waals surface area contributed by atoms with Crippen molar-refractivity contribution < 1.29 is 4.79 Å². The Balaban J connectivity index is 3.09. The Bertz CT molecular complexity index is 87.7. The van der Waals surface area contributed by atoms with Gasteiger partial charge in [0.1, 0.15) is 0 Å². The molecule has 0 saturated heterocycles. The maximum absolute atomic E-state index is 10.8. The van der Waals surface area contributed by atoms with Gasteiger partial charge >= 0.3 is 0 Å². The first-order valence-electron chi connectivity index (χ1n) is 3.33. The normalized spacial score (nSPS) is 9.40. The molecule has 0 atom stereocenters. The van der Waals surface area contributed by atoms with Crippen LogP contribution in [0, 0.1) is 0 Å². The first kappa shape index (κ1) is 9.78. The van der Waals surface area contributed by atoms with Crippen LogP contribution >= 0.6 is 12.6 Å². The van der Waals surface area contributed by atoms with E-state index in [1.807, 2.05) is 7.05 Å². The van der Waals surface area contributed by atoms with Crippen molar-refractivity contribution in [1.82, 2.24) is 10.6 Å². The third-order valence-electron chi connectivity index (χ3n) is 1.04. The maximum Gasteiger partial charge on any atom is 0.221 e. The molecule has 1 amide bonds. The van der Waals surface area contributed by atoms with Crippen LogP contribution in [0.25, 0.3) is 0 Å². The van der Waals surface area contributed by atoms with E-state index in [1.165, 1.54) is 0 Å². The third kappa shape index (κ3) is 5.91. The lowest BCUT2D eigenvalue weighted by Crippen LogP contribution is -2.27. The molecule has 0 aromatic heterocycles. The summed E-state index contributed by atoms with van der Waals surface area (Å²) in [6.07, 6.45) is 0.546. The Hall–Kier alpha value is -0.220. The van der Waals surface area contributed by atoms with E-state index in [4.69, 9.17) is 0 Å². The van der Waals surface area contributed by atoms with Gasteiger partial charge in [0, 0.05) is 25.3 Å². The second kappa shape index (κ2) is 6.89. The van der Waals surface area contributed by atoms with Crippen LogP contribution in [0.15, 0.2) is 0 Å². The van der Waals surface area contributed by atoms with E-state index in [-0.39, 0.29) is 5.91 Å². The molecule has 0 aromatic carbocycles. The molecule has 0 saturated carbocycles. The first-order valence-corrected chi connectivity index (χ1v) is 3.96. The molecule has 0 aliphatic rings. The van der Waals surface area contributed by atoms with Gasteiger partial charge in [0.25, 0.3) is 0 Å². The molecule has 0 aliphatic heterocycles. The fourth-order valence-corrected chi connectivity index (χ4v) is 0.634. The second-order valence-electron chi connectivity index (χ2n) is 1.93. The molecule has 0 rings (SSSR count). The Labute approximate surface area is 67.0 Å². The van der Waals surface area contributed by atoms with Gasteiger partial charge in [-0.15, -0.1) is 0 Å². The molecule has 3 nitrogen and oxygen atoms in total. The van der Waals surface area contributed by atoms with E-state index in [1.54, 1.807) is 0 Å². The van der Waals surface area contributed by atoms with Crippen LogP contribution in [0.4, 0.5) is 0 Å². The summed E-state index contributed by atoms with van der Waals surface area (Å²) < 4.78 is 0. The third-order valence-corrected chi connectivity index (χ3v) is 1.26. The number of hydrogen-bond donors (Lipinski definition) is 3. The minimum absolute atomic E-state index is 0.0865. The second-order valence-corrected chi connectivity index (χ2v) is 2.37. The number of hydrogen-bond acceptors (Lipinski definition) is 3. The summed E-state index contributed by atoms with van der Waals surface area (Å²) in [5, 5.41) is 5.61. The SMILES string of the molecule is CNCCC(=O)NCCS. The monoisotopic (exact) mass is 162 g/mol. The highest BCUT2D eigenvalue weighted by Crippen LogP contribution is 1.76. The lowest BCUT2D eigenvalue weighted by Gasteiger charge is -2.01. The lowest BCUT2D eigenvalue weighted by molar-refractivity contribution is -0.120. The first-order chi connectivity index (χ1) is 4.81. The number of rotatable bonds is 5. The van der Waals surface area contributed by atoms with Gasteiger partial charge in [0.05, 0.1) is 0 Å². The van der Waals surface area contributed by atoms with Gasteiger partial charge in [-0.25, -0.2) is 0 Å². The van der Waals surface area contributed by atoms with Crippen molar-refractivity contribution >= 4 is 18.5 Å². The van der Waals surface area contributed by atoms with E-state index in [0.717, 1.165) is 6.54 Å². The van der Waals surface area contributed by atoms with Crippen LogP contribution in [-0.4, -0.2) is 31.8 Å². The predicted molar refractivity (Wildman–Crippen MR) is 45.4 cm³/mol. The fraction of sp³-hybridized carbons (Fsp3) is 0.833. The zero-order chi connectivity index (χ0) is 7.82. The molecule has 10 heavy (non-hydrogen) atoms. The van der Waals surface area contributed by atoms with Crippen LogP contribution in [0.2, 0.25) is 0 Å². The van der Waals surface area contributed by atoms with Crippen LogP contribution in [0.3, 0.4) is 0 Å². The standard InChI is InChI=1S/C6H14N2OS/c1-7-3-2-6(9)8-4-5-10/h7,10H,2-5H2,1H3,(H,8,9). The van der Waals surface area contributed by atoms with Crippen molar-refractivity contribution in [3.63, 3.8) is 0 Å². The molecule has 0 bridgehead atoms. The highest BCUT2D eigenvalue weighted by molar-refractivity contribution is 7.80. The Morgan fingerprint density at radius 1 is 1.50 bits per heavy atom. The minimum atomic E-state index is 0.0865. The van der Waals surface area contributed by atoms with E-state index < -0.39 is 0 Å². The van der Waals surface area contributed by atoms with Crippen molar-refractivity contribution in [3.05, 3.63) is 0 Å². The fourth-order valence-electron chi connectivity index (χ4n) is 0.522. The van der Waals surface area contributed by atoms with E-state index in [2.05, 4.69) is 23.3 Å². The Kier molecular flexibility index (Phi) is 6.74. The van der Waals surface area contributed by atoms with Crippen LogP contribution in [0.5, 0.6) is 0 Å². The van der Waals surface area contributed by atoms with Gasteiger partial charge in [-0.2, -0.15) is 12.6 Å². The van der Waals surface area contributed by atoms with E-state index in [9.17, 15) is 4.79 Å². The molecule has 60 valence electrons. The largest absolute Gasteiger partial charge is 0.355 e. The summed E-state index contributed by atoms with van der Waals surface area (Å²) in [6, 6.07) is 0. The summed E-state index contributed by atoms with van der Waals surface area (Å²) in [5.74, 6) is 0.786. The number of nitrogens with one attached hydrogen (secondary N) is 2. The molecule has 0 radical (unpaired) electrons. The number of carbonyl (C=O) groups excluding carboxylic acids is 1. The van der Waals surface area contributed by atoms with Gasteiger partial charge < -0.3 is 10.6 Å². The van der Waals surface area contributed by atoms with Gasteiger partial charge in [-0.05, 0) is 7.05 Å². The molecular formula is C6H14N2OS. The number of thiol groups is 1. The molecule has 0 fully saturated rings. The average Bonchev–Trinajstić information content (AvgIpc) is 1.97. The van der Waals surface area contributed by atoms with Crippen LogP contribution < -0.4 is 10.6 Å².